The van der Waals surface area contributed by atoms with Crippen molar-refractivity contribution in [3.8, 4) is 16.9 Å². The Labute approximate surface area is 226 Å². The van der Waals surface area contributed by atoms with Crippen molar-refractivity contribution in [2.45, 2.75) is 25.8 Å². The van der Waals surface area contributed by atoms with Crippen LogP contribution < -0.4 is 15.2 Å². The number of halogens is 2. The zero-order valence-corrected chi connectivity index (χ0v) is 21.5. The number of anilines is 1. The third-order valence-electron chi connectivity index (χ3n) is 7.38. The average molecular weight is 553 g/mol. The molecule has 2 aromatic carbocycles. The molecular formula is C27H26F2N6O5. The molecular weight excluding hydrogens is 526 g/mol. The van der Waals surface area contributed by atoms with E-state index in [-0.39, 0.29) is 36.6 Å². The molecule has 40 heavy (non-hydrogen) atoms. The number of alkyl halides is 2. The van der Waals surface area contributed by atoms with Crippen LogP contribution in [0.3, 0.4) is 0 Å². The second-order valence-corrected chi connectivity index (χ2v) is 9.74. The molecule has 2 aliphatic rings. The van der Waals surface area contributed by atoms with Crippen LogP contribution in [0.5, 0.6) is 5.75 Å². The monoisotopic (exact) mass is 552 g/mol. The van der Waals surface area contributed by atoms with Crippen molar-refractivity contribution in [1.29, 1.82) is 0 Å². The van der Waals surface area contributed by atoms with Crippen molar-refractivity contribution in [1.82, 2.24) is 24.2 Å². The molecule has 2 fully saturated rings. The Morgan fingerprint density at radius 2 is 1.90 bits per heavy atom. The first-order valence-corrected chi connectivity index (χ1v) is 12.7. The first kappa shape index (κ1) is 25.7. The normalized spacial score (nSPS) is 17.0. The highest BCUT2D eigenvalue weighted by molar-refractivity contribution is 5.84. The van der Waals surface area contributed by atoms with Crippen LogP contribution in [0.4, 0.5) is 19.5 Å². The molecule has 1 unspecified atom stereocenters. The van der Waals surface area contributed by atoms with Gasteiger partial charge >= 0.3 is 12.7 Å². The van der Waals surface area contributed by atoms with Gasteiger partial charge in [-0.2, -0.15) is 8.78 Å². The highest BCUT2D eigenvalue weighted by Crippen LogP contribution is 2.28. The highest BCUT2D eigenvalue weighted by atomic mass is 19.3. The minimum Gasteiger partial charge on any atom is -0.447 e. The van der Waals surface area contributed by atoms with Gasteiger partial charge in [-0.05, 0) is 35.4 Å². The van der Waals surface area contributed by atoms with Gasteiger partial charge in [0.15, 0.2) is 0 Å². The highest BCUT2D eigenvalue weighted by Gasteiger charge is 2.38. The maximum Gasteiger partial charge on any atom is 0.410 e. The summed E-state index contributed by atoms with van der Waals surface area (Å²) in [6.07, 6.45) is 3.13. The average Bonchev–Trinajstić information content (AvgIpc) is 3.45. The molecule has 0 spiro atoms. The molecule has 208 valence electrons. The van der Waals surface area contributed by atoms with Crippen LogP contribution in [0, 0.1) is 0 Å². The Kier molecular flexibility index (Phi) is 6.58. The van der Waals surface area contributed by atoms with E-state index >= 15 is 0 Å². The number of rotatable bonds is 7. The fourth-order valence-electron chi connectivity index (χ4n) is 5.27. The molecule has 0 aliphatic carbocycles. The van der Waals surface area contributed by atoms with E-state index < -0.39 is 6.61 Å². The number of cyclic esters (lactones) is 1. The summed E-state index contributed by atoms with van der Waals surface area (Å²) in [4.78, 5) is 37.6. The summed E-state index contributed by atoms with van der Waals surface area (Å²) in [6.45, 7) is -1.14. The second-order valence-electron chi connectivity index (χ2n) is 9.74. The van der Waals surface area contributed by atoms with E-state index in [2.05, 4.69) is 9.97 Å². The van der Waals surface area contributed by atoms with Gasteiger partial charge in [-0.25, -0.2) is 14.8 Å². The van der Waals surface area contributed by atoms with Crippen LogP contribution in [0.1, 0.15) is 11.1 Å². The molecule has 0 radical (unpaired) electrons. The Hall–Kier alpha value is -4.52. The van der Waals surface area contributed by atoms with E-state index in [4.69, 9.17) is 9.47 Å². The predicted molar refractivity (Wildman–Crippen MR) is 140 cm³/mol. The molecule has 13 heteroatoms. The van der Waals surface area contributed by atoms with Crippen molar-refractivity contribution in [2.24, 2.45) is 7.05 Å². The van der Waals surface area contributed by atoms with Gasteiger partial charge in [-0.3, -0.25) is 19.1 Å². The predicted octanol–water partition coefficient (Wildman–Crippen LogP) is 2.58. The van der Waals surface area contributed by atoms with Crippen molar-refractivity contribution in [3.63, 3.8) is 0 Å². The number of hydrogen-bond acceptors (Lipinski definition) is 8. The van der Waals surface area contributed by atoms with Crippen LogP contribution in [-0.4, -0.2) is 74.3 Å². The molecule has 1 atom stereocenters. The summed E-state index contributed by atoms with van der Waals surface area (Å²) >= 11 is 0. The van der Waals surface area contributed by atoms with Crippen molar-refractivity contribution >= 4 is 22.9 Å². The van der Waals surface area contributed by atoms with Gasteiger partial charge in [0.25, 0.3) is 5.56 Å². The number of hydrogen-bond donors (Lipinski definition) is 1. The van der Waals surface area contributed by atoms with Gasteiger partial charge in [-0.15, -0.1) is 0 Å². The second kappa shape index (κ2) is 10.2. The molecule has 1 amide bonds. The molecule has 11 nitrogen and oxygen atoms in total. The number of carbonyl (C=O) groups is 1. The zero-order chi connectivity index (χ0) is 28.0. The number of amides is 1. The largest absolute Gasteiger partial charge is 0.447 e. The van der Waals surface area contributed by atoms with Gasteiger partial charge in [0, 0.05) is 50.2 Å². The molecule has 2 aliphatic heterocycles. The van der Waals surface area contributed by atoms with Gasteiger partial charge < -0.3 is 19.5 Å². The summed E-state index contributed by atoms with van der Waals surface area (Å²) in [5.74, 6) is 0.520. The summed E-state index contributed by atoms with van der Waals surface area (Å²) in [7, 11) is 1.60. The Morgan fingerprint density at radius 3 is 2.65 bits per heavy atom. The lowest BCUT2D eigenvalue weighted by atomic mass is 10.1. The molecule has 4 aromatic rings. The van der Waals surface area contributed by atoms with Crippen LogP contribution >= 0.6 is 0 Å². The Bertz CT molecular complexity index is 1640. The van der Waals surface area contributed by atoms with E-state index in [0.717, 1.165) is 11.1 Å². The number of ether oxygens (including phenoxy) is 2. The molecule has 2 aromatic heterocycles. The third kappa shape index (κ3) is 4.62. The molecule has 4 heterocycles. The quantitative estimate of drug-likeness (QED) is 0.372. The number of aliphatic hydroxyl groups excluding tert-OH is 1. The van der Waals surface area contributed by atoms with Gasteiger partial charge in [0.2, 0.25) is 5.95 Å². The van der Waals surface area contributed by atoms with Crippen molar-refractivity contribution < 1.29 is 28.2 Å². The van der Waals surface area contributed by atoms with E-state index in [1.165, 1.54) is 16.8 Å². The number of aliphatic hydroxyl groups is 1. The van der Waals surface area contributed by atoms with Crippen molar-refractivity contribution in [3.05, 3.63) is 70.3 Å². The third-order valence-corrected chi connectivity index (χ3v) is 7.38. The van der Waals surface area contributed by atoms with Crippen LogP contribution in [0.15, 0.2) is 53.6 Å². The summed E-state index contributed by atoms with van der Waals surface area (Å²) < 4.78 is 39.0. The molecule has 0 bridgehead atoms. The smallest absolute Gasteiger partial charge is 0.410 e. The maximum absolute atomic E-state index is 13.0. The fourth-order valence-corrected chi connectivity index (χ4v) is 5.27. The van der Waals surface area contributed by atoms with Crippen LogP contribution in [-0.2, 0) is 24.9 Å². The first-order valence-electron chi connectivity index (χ1n) is 12.7. The number of benzene rings is 2. The van der Waals surface area contributed by atoms with E-state index in [1.807, 2.05) is 17.0 Å². The number of piperazine rings is 1. The molecule has 2 saturated heterocycles. The minimum atomic E-state index is -3.02. The number of fused-ring (bicyclic) bond motifs is 2. The number of nitrogens with zero attached hydrogens (tertiary/aromatic N) is 6. The Morgan fingerprint density at radius 1 is 1.10 bits per heavy atom. The topological polar surface area (TPSA) is 115 Å². The SMILES string of the molecule is Cn1c(=O)c2ccc(-c3cnc(N4CCN5C(=O)OCC5C4)nc3)cc2n1Cc1cc(CO)ccc1OC(F)F. The molecule has 6 rings (SSSR count). The number of aromatic nitrogens is 4. The van der Waals surface area contributed by atoms with Crippen LogP contribution in [0.2, 0.25) is 0 Å². The lowest BCUT2D eigenvalue weighted by Crippen LogP contribution is -2.52. The molecule has 1 N–H and O–H groups in total. The zero-order valence-electron chi connectivity index (χ0n) is 21.5. The standard InChI is InChI=1S/C27H26F2N6O5/c1-32-24(37)21-4-3-17(9-22(21)35(32)12-18-8-16(14-36)2-5-23(18)40-25(28)29)19-10-30-26(31-11-19)33-6-7-34-20(13-33)15-39-27(34)38/h2-5,8-11,20,25,36H,6-7,12-15H2,1H3. The van der Waals surface area contributed by atoms with Gasteiger partial charge in [0.1, 0.15) is 12.4 Å². The van der Waals surface area contributed by atoms with E-state index in [0.29, 0.717) is 54.2 Å². The summed E-state index contributed by atoms with van der Waals surface area (Å²) in [5.41, 5.74) is 2.78. The van der Waals surface area contributed by atoms with Gasteiger partial charge in [-0.1, -0.05) is 12.1 Å². The minimum absolute atomic E-state index is 0.0218. The summed E-state index contributed by atoms with van der Waals surface area (Å²) in [6, 6.07) is 9.82. The van der Waals surface area contributed by atoms with Crippen LogP contribution in [0.25, 0.3) is 22.0 Å². The Balaban J connectivity index is 1.30. The molecule has 0 saturated carbocycles. The maximum atomic E-state index is 13.0. The lowest BCUT2D eigenvalue weighted by molar-refractivity contribution is -0.0505. The van der Waals surface area contributed by atoms with E-state index in [1.54, 1.807) is 41.2 Å². The summed E-state index contributed by atoms with van der Waals surface area (Å²) in [5, 5.41) is 10.0. The number of carbonyl (C=O) groups excluding carboxylic acids is 1. The first-order chi connectivity index (χ1) is 19.3. The van der Waals surface area contributed by atoms with Gasteiger partial charge in [0.05, 0.1) is 30.1 Å². The van der Waals surface area contributed by atoms with Crippen molar-refractivity contribution in [2.75, 3.05) is 31.1 Å². The van der Waals surface area contributed by atoms with E-state index in [9.17, 15) is 23.5 Å². The lowest BCUT2D eigenvalue weighted by Gasteiger charge is -2.35. The fraction of sp³-hybridized carbons (Fsp3) is 0.333.